The van der Waals surface area contributed by atoms with E-state index in [-0.39, 0.29) is 12.7 Å². The van der Waals surface area contributed by atoms with Gasteiger partial charge in [0.2, 0.25) is 0 Å². The molecule has 1 heterocycles. The van der Waals surface area contributed by atoms with Gasteiger partial charge < -0.3 is 14.2 Å². The lowest BCUT2D eigenvalue weighted by atomic mass is 10.1. The van der Waals surface area contributed by atoms with E-state index in [1.54, 1.807) is 20.8 Å². The highest BCUT2D eigenvalue weighted by Gasteiger charge is 2.33. The third-order valence-corrected chi connectivity index (χ3v) is 2.99. The molecule has 0 N–H and O–H groups in total. The first-order chi connectivity index (χ1) is 9.17. The van der Waals surface area contributed by atoms with E-state index in [0.717, 1.165) is 12.1 Å². The van der Waals surface area contributed by atoms with Crippen LogP contribution in [0.25, 0.3) is 0 Å². The van der Waals surface area contributed by atoms with Gasteiger partial charge in [0.15, 0.2) is 5.79 Å². The van der Waals surface area contributed by atoms with Crippen molar-refractivity contribution in [2.45, 2.75) is 38.8 Å². The number of benzene rings is 1. The maximum Gasteiger partial charge on any atom is 0.416 e. The smallest absolute Gasteiger partial charge is 0.416 e. The first-order valence-electron chi connectivity index (χ1n) is 6.30. The van der Waals surface area contributed by atoms with Gasteiger partial charge in [0.1, 0.15) is 18.5 Å². The van der Waals surface area contributed by atoms with Crippen molar-refractivity contribution in [2.75, 3.05) is 13.2 Å². The number of ether oxygens (including phenoxy) is 3. The zero-order chi connectivity index (χ0) is 15.0. The number of hydrogen-bond acceptors (Lipinski definition) is 3. The molecule has 0 amide bonds. The molecule has 1 fully saturated rings. The lowest BCUT2D eigenvalue weighted by molar-refractivity contribution is -0.141. The molecule has 1 saturated heterocycles. The highest BCUT2D eigenvalue weighted by atomic mass is 19.4. The molecule has 0 aromatic heterocycles. The molecule has 1 aromatic carbocycles. The largest absolute Gasteiger partial charge is 0.491 e. The molecule has 0 spiro atoms. The van der Waals surface area contributed by atoms with Gasteiger partial charge in [0.05, 0.1) is 12.2 Å². The molecular weight excluding hydrogens is 273 g/mol. The summed E-state index contributed by atoms with van der Waals surface area (Å²) >= 11 is 0. The summed E-state index contributed by atoms with van der Waals surface area (Å²) in [6.07, 6.45) is -4.55. The van der Waals surface area contributed by atoms with E-state index in [9.17, 15) is 13.2 Å². The van der Waals surface area contributed by atoms with Crippen LogP contribution in [0.2, 0.25) is 0 Å². The standard InChI is InChI=1S/C14H17F3O3/c1-9-6-10(14(15,16)17)4-5-12(9)18-7-11-8-19-13(2,3)20-11/h4-6,11H,7-8H2,1-3H3. The number of halogens is 3. The van der Waals surface area contributed by atoms with Crippen LogP contribution in [0, 0.1) is 6.92 Å². The minimum Gasteiger partial charge on any atom is -0.491 e. The normalized spacial score (nSPS) is 22.0. The maximum absolute atomic E-state index is 12.5. The summed E-state index contributed by atoms with van der Waals surface area (Å²) in [6, 6.07) is 3.42. The maximum atomic E-state index is 12.5. The van der Waals surface area contributed by atoms with Gasteiger partial charge in [-0.3, -0.25) is 0 Å². The van der Waals surface area contributed by atoms with E-state index in [0.29, 0.717) is 17.9 Å². The van der Waals surface area contributed by atoms with E-state index in [1.807, 2.05) is 0 Å². The van der Waals surface area contributed by atoms with Crippen LogP contribution in [0.15, 0.2) is 18.2 Å². The Kier molecular flexibility index (Phi) is 3.97. The molecule has 0 bridgehead atoms. The number of alkyl halides is 3. The summed E-state index contributed by atoms with van der Waals surface area (Å²) < 4.78 is 54.1. The first kappa shape index (κ1) is 15.1. The second-order valence-electron chi connectivity index (χ2n) is 5.24. The van der Waals surface area contributed by atoms with Gasteiger partial charge in [-0.2, -0.15) is 13.2 Å². The quantitative estimate of drug-likeness (QED) is 0.852. The molecule has 3 nitrogen and oxygen atoms in total. The minimum atomic E-state index is -4.34. The van der Waals surface area contributed by atoms with Crippen molar-refractivity contribution in [1.82, 2.24) is 0 Å². The summed E-state index contributed by atoms with van der Waals surface area (Å²) in [5.41, 5.74) is -0.234. The van der Waals surface area contributed by atoms with Gasteiger partial charge in [0.25, 0.3) is 0 Å². The van der Waals surface area contributed by atoms with Gasteiger partial charge in [-0.15, -0.1) is 0 Å². The van der Waals surface area contributed by atoms with Crippen molar-refractivity contribution in [1.29, 1.82) is 0 Å². The second kappa shape index (κ2) is 5.26. The molecule has 112 valence electrons. The Bertz CT molecular complexity index is 483. The monoisotopic (exact) mass is 290 g/mol. The van der Waals surface area contributed by atoms with Gasteiger partial charge in [-0.25, -0.2) is 0 Å². The Labute approximate surface area is 115 Å². The van der Waals surface area contributed by atoms with Crippen LogP contribution in [-0.2, 0) is 15.7 Å². The number of rotatable bonds is 3. The summed E-state index contributed by atoms with van der Waals surface area (Å²) in [6.45, 7) is 5.84. The van der Waals surface area contributed by atoms with Crippen molar-refractivity contribution in [3.05, 3.63) is 29.3 Å². The van der Waals surface area contributed by atoms with Gasteiger partial charge in [-0.05, 0) is 44.5 Å². The van der Waals surface area contributed by atoms with Crippen LogP contribution in [0.1, 0.15) is 25.0 Å². The molecule has 2 rings (SSSR count). The van der Waals surface area contributed by atoms with Gasteiger partial charge >= 0.3 is 6.18 Å². The molecule has 1 aliphatic rings. The van der Waals surface area contributed by atoms with Crippen LogP contribution < -0.4 is 4.74 Å². The van der Waals surface area contributed by atoms with Crippen molar-refractivity contribution in [3.8, 4) is 5.75 Å². The summed E-state index contributed by atoms with van der Waals surface area (Å²) in [5, 5.41) is 0. The van der Waals surface area contributed by atoms with Crippen LogP contribution in [0.4, 0.5) is 13.2 Å². The molecule has 0 radical (unpaired) electrons. The molecule has 1 aliphatic heterocycles. The van der Waals surface area contributed by atoms with E-state index < -0.39 is 17.5 Å². The molecule has 6 heteroatoms. The highest BCUT2D eigenvalue weighted by Crippen LogP contribution is 2.32. The molecular formula is C14H17F3O3. The predicted molar refractivity (Wildman–Crippen MR) is 66.6 cm³/mol. The molecule has 1 unspecified atom stereocenters. The fourth-order valence-corrected chi connectivity index (χ4v) is 2.02. The Morgan fingerprint density at radius 1 is 1.35 bits per heavy atom. The molecule has 0 saturated carbocycles. The fraction of sp³-hybridized carbons (Fsp3) is 0.571. The molecule has 0 aliphatic carbocycles. The van der Waals surface area contributed by atoms with Crippen LogP contribution in [0.5, 0.6) is 5.75 Å². The second-order valence-corrected chi connectivity index (χ2v) is 5.24. The minimum absolute atomic E-state index is 0.216. The summed E-state index contributed by atoms with van der Waals surface area (Å²) in [7, 11) is 0. The van der Waals surface area contributed by atoms with Crippen LogP contribution in [0.3, 0.4) is 0 Å². The Balaban J connectivity index is 1.97. The Morgan fingerprint density at radius 2 is 2.05 bits per heavy atom. The molecule has 20 heavy (non-hydrogen) atoms. The third kappa shape index (κ3) is 3.64. The molecule has 1 aromatic rings. The zero-order valence-electron chi connectivity index (χ0n) is 11.6. The average Bonchev–Trinajstić information content (AvgIpc) is 2.66. The molecule has 1 atom stereocenters. The average molecular weight is 290 g/mol. The van der Waals surface area contributed by atoms with Gasteiger partial charge in [-0.1, -0.05) is 0 Å². The van der Waals surface area contributed by atoms with E-state index in [1.165, 1.54) is 6.07 Å². The van der Waals surface area contributed by atoms with Crippen LogP contribution in [-0.4, -0.2) is 25.1 Å². The predicted octanol–water partition coefficient (Wildman–Crippen LogP) is 3.54. The SMILES string of the molecule is Cc1cc(C(F)(F)F)ccc1OCC1COC(C)(C)O1. The zero-order valence-corrected chi connectivity index (χ0v) is 11.6. The summed E-state index contributed by atoms with van der Waals surface area (Å²) in [4.78, 5) is 0. The van der Waals surface area contributed by atoms with Crippen molar-refractivity contribution >= 4 is 0 Å². The fourth-order valence-electron chi connectivity index (χ4n) is 2.02. The van der Waals surface area contributed by atoms with Crippen molar-refractivity contribution < 1.29 is 27.4 Å². The van der Waals surface area contributed by atoms with Crippen molar-refractivity contribution in [3.63, 3.8) is 0 Å². The first-order valence-corrected chi connectivity index (χ1v) is 6.30. The summed E-state index contributed by atoms with van der Waals surface area (Å²) in [5.74, 6) is -0.213. The lowest BCUT2D eigenvalue weighted by Gasteiger charge is -2.18. The van der Waals surface area contributed by atoms with Gasteiger partial charge in [0, 0.05) is 0 Å². The lowest BCUT2D eigenvalue weighted by Crippen LogP contribution is -2.25. The third-order valence-electron chi connectivity index (χ3n) is 2.99. The number of hydrogen-bond donors (Lipinski definition) is 0. The topological polar surface area (TPSA) is 27.7 Å². The number of aryl methyl sites for hydroxylation is 1. The van der Waals surface area contributed by atoms with E-state index >= 15 is 0 Å². The highest BCUT2D eigenvalue weighted by molar-refractivity contribution is 5.37. The Morgan fingerprint density at radius 3 is 2.55 bits per heavy atom. The van der Waals surface area contributed by atoms with E-state index in [2.05, 4.69) is 0 Å². The Hall–Kier alpha value is -1.27. The van der Waals surface area contributed by atoms with Crippen LogP contribution >= 0.6 is 0 Å². The van der Waals surface area contributed by atoms with E-state index in [4.69, 9.17) is 14.2 Å². The van der Waals surface area contributed by atoms with Crippen molar-refractivity contribution in [2.24, 2.45) is 0 Å².